The van der Waals surface area contributed by atoms with E-state index in [9.17, 15) is 4.79 Å². The summed E-state index contributed by atoms with van der Waals surface area (Å²) < 4.78 is 0. The summed E-state index contributed by atoms with van der Waals surface area (Å²) in [6.45, 7) is 5.09. The summed E-state index contributed by atoms with van der Waals surface area (Å²) in [5.74, 6) is 0.0221. The number of hydrogen-bond acceptors (Lipinski definition) is 3. The fourth-order valence-corrected chi connectivity index (χ4v) is 2.35. The van der Waals surface area contributed by atoms with Gasteiger partial charge in [-0.05, 0) is 45.0 Å². The van der Waals surface area contributed by atoms with Gasteiger partial charge < -0.3 is 5.32 Å². The molecule has 23 heavy (non-hydrogen) atoms. The van der Waals surface area contributed by atoms with E-state index in [2.05, 4.69) is 53.3 Å². The summed E-state index contributed by atoms with van der Waals surface area (Å²) in [6, 6.07) is 14.6. The third-order valence-corrected chi connectivity index (χ3v) is 3.99. The first kappa shape index (κ1) is 17.2. The van der Waals surface area contributed by atoms with Gasteiger partial charge in [0.15, 0.2) is 0 Å². The lowest BCUT2D eigenvalue weighted by molar-refractivity contribution is -0.122. The molecule has 0 bridgehead atoms. The Morgan fingerprint density at radius 2 is 1.96 bits per heavy atom. The van der Waals surface area contributed by atoms with Crippen LogP contribution in [0.3, 0.4) is 0 Å². The predicted molar refractivity (Wildman–Crippen MR) is 93.1 cm³/mol. The molecule has 122 valence electrons. The summed E-state index contributed by atoms with van der Waals surface area (Å²) in [6.07, 6.45) is 2.67. The van der Waals surface area contributed by atoms with Crippen molar-refractivity contribution in [1.82, 2.24) is 15.2 Å². The molecule has 1 aromatic carbocycles. The number of carbonyl (C=O) groups is 1. The highest BCUT2D eigenvalue weighted by molar-refractivity contribution is 5.77. The van der Waals surface area contributed by atoms with E-state index in [4.69, 9.17) is 0 Å². The minimum absolute atomic E-state index is 0.0221. The molecule has 0 aliphatic heterocycles. The van der Waals surface area contributed by atoms with Crippen LogP contribution in [0.15, 0.2) is 48.7 Å². The predicted octanol–water partition coefficient (Wildman–Crippen LogP) is 2.57. The van der Waals surface area contributed by atoms with Crippen molar-refractivity contribution in [1.29, 1.82) is 0 Å². The highest BCUT2D eigenvalue weighted by Crippen LogP contribution is 2.09. The fraction of sp³-hybridized carbons (Fsp3) is 0.368. The van der Waals surface area contributed by atoms with E-state index in [1.54, 1.807) is 6.20 Å². The Kier molecular flexibility index (Phi) is 6.29. The van der Waals surface area contributed by atoms with Crippen LogP contribution in [0.4, 0.5) is 0 Å². The molecule has 1 amide bonds. The highest BCUT2D eigenvalue weighted by Gasteiger charge is 2.13. The van der Waals surface area contributed by atoms with Crippen molar-refractivity contribution < 1.29 is 4.79 Å². The van der Waals surface area contributed by atoms with E-state index in [0.717, 1.165) is 12.1 Å². The number of likely N-dealkylation sites (N-methyl/N-ethyl adjacent to an activating group) is 1. The lowest BCUT2D eigenvalue weighted by Gasteiger charge is -2.24. The van der Waals surface area contributed by atoms with E-state index in [1.807, 2.05) is 25.2 Å². The van der Waals surface area contributed by atoms with E-state index in [-0.39, 0.29) is 5.91 Å². The number of benzene rings is 1. The molecular weight excluding hydrogens is 286 g/mol. The summed E-state index contributed by atoms with van der Waals surface area (Å²) in [5, 5.41) is 2.91. The van der Waals surface area contributed by atoms with Crippen LogP contribution in [0, 0.1) is 6.92 Å². The molecule has 0 fully saturated rings. The van der Waals surface area contributed by atoms with E-state index in [1.165, 1.54) is 11.1 Å². The number of carbonyl (C=O) groups excluding carboxylic acids is 1. The van der Waals surface area contributed by atoms with Crippen LogP contribution in [-0.4, -0.2) is 35.4 Å². The number of aromatic nitrogens is 1. The molecular formula is C19H25N3O. The Hall–Kier alpha value is -2.20. The molecule has 4 nitrogen and oxygen atoms in total. The van der Waals surface area contributed by atoms with Crippen LogP contribution in [-0.2, 0) is 17.8 Å². The normalized spacial score (nSPS) is 12.2. The monoisotopic (exact) mass is 311 g/mol. The van der Waals surface area contributed by atoms with Gasteiger partial charge >= 0.3 is 0 Å². The number of nitrogens with one attached hydrogen (secondary N) is 1. The minimum Gasteiger partial charge on any atom is -0.349 e. The maximum atomic E-state index is 12.0. The molecule has 1 unspecified atom stereocenters. The highest BCUT2D eigenvalue weighted by atomic mass is 16.2. The second-order valence-electron chi connectivity index (χ2n) is 6.05. The molecule has 0 aliphatic carbocycles. The molecule has 2 aromatic rings. The van der Waals surface area contributed by atoms with Crippen LogP contribution in [0.1, 0.15) is 23.7 Å². The van der Waals surface area contributed by atoms with Crippen molar-refractivity contribution in [2.24, 2.45) is 0 Å². The number of amides is 1. The Morgan fingerprint density at radius 1 is 1.22 bits per heavy atom. The number of aryl methyl sites for hydroxylation is 1. The first-order chi connectivity index (χ1) is 11.0. The van der Waals surface area contributed by atoms with Crippen molar-refractivity contribution >= 4 is 5.91 Å². The van der Waals surface area contributed by atoms with Gasteiger partial charge in [0.1, 0.15) is 0 Å². The zero-order chi connectivity index (χ0) is 16.7. The average molecular weight is 311 g/mol. The molecule has 0 spiro atoms. The van der Waals surface area contributed by atoms with Gasteiger partial charge in [-0.25, -0.2) is 0 Å². The van der Waals surface area contributed by atoms with Crippen LogP contribution < -0.4 is 5.32 Å². The molecule has 0 aliphatic rings. The first-order valence-electron chi connectivity index (χ1n) is 7.97. The second-order valence-corrected chi connectivity index (χ2v) is 6.05. The third kappa shape index (κ3) is 5.83. The smallest absolute Gasteiger partial charge is 0.234 e. The molecule has 1 aromatic heterocycles. The third-order valence-electron chi connectivity index (χ3n) is 3.99. The standard InChI is InChI=1S/C19H25N3O/c1-15-7-9-17(10-8-15)12-16(2)22(3)14-19(23)21-13-18-6-4-5-11-20-18/h4-11,16H,12-14H2,1-3H3,(H,21,23). The maximum Gasteiger partial charge on any atom is 0.234 e. The molecule has 0 saturated carbocycles. The average Bonchev–Trinajstić information content (AvgIpc) is 2.56. The van der Waals surface area contributed by atoms with Crippen molar-refractivity contribution in [2.75, 3.05) is 13.6 Å². The fourth-order valence-electron chi connectivity index (χ4n) is 2.35. The number of rotatable bonds is 7. The quantitative estimate of drug-likeness (QED) is 0.855. The Balaban J connectivity index is 1.77. The van der Waals surface area contributed by atoms with Gasteiger partial charge in [-0.2, -0.15) is 0 Å². The topological polar surface area (TPSA) is 45.2 Å². The van der Waals surface area contributed by atoms with Gasteiger partial charge in [0, 0.05) is 12.2 Å². The molecule has 0 saturated heterocycles. The van der Waals surface area contributed by atoms with Crippen molar-refractivity contribution in [3.05, 3.63) is 65.5 Å². The molecule has 1 heterocycles. The largest absolute Gasteiger partial charge is 0.349 e. The van der Waals surface area contributed by atoms with E-state index >= 15 is 0 Å². The summed E-state index contributed by atoms with van der Waals surface area (Å²) in [5.41, 5.74) is 3.43. The molecule has 4 heteroatoms. The van der Waals surface area contributed by atoms with Gasteiger partial charge in [-0.3, -0.25) is 14.7 Å². The van der Waals surface area contributed by atoms with E-state index in [0.29, 0.717) is 19.1 Å². The Labute approximate surface area is 138 Å². The SMILES string of the molecule is Cc1ccc(CC(C)N(C)CC(=O)NCc2ccccn2)cc1. The van der Waals surface area contributed by atoms with Crippen LogP contribution in [0.25, 0.3) is 0 Å². The number of pyridine rings is 1. The number of hydrogen-bond donors (Lipinski definition) is 1. The Morgan fingerprint density at radius 3 is 2.61 bits per heavy atom. The lowest BCUT2D eigenvalue weighted by atomic mass is 10.0. The van der Waals surface area contributed by atoms with E-state index < -0.39 is 0 Å². The summed E-state index contributed by atoms with van der Waals surface area (Å²) in [4.78, 5) is 18.3. The Bertz CT molecular complexity index is 610. The lowest BCUT2D eigenvalue weighted by Crippen LogP contribution is -2.40. The number of nitrogens with zero attached hydrogens (tertiary/aromatic N) is 2. The molecule has 0 radical (unpaired) electrons. The summed E-state index contributed by atoms with van der Waals surface area (Å²) in [7, 11) is 1.99. The summed E-state index contributed by atoms with van der Waals surface area (Å²) >= 11 is 0. The van der Waals surface area contributed by atoms with Gasteiger partial charge in [0.05, 0.1) is 18.8 Å². The van der Waals surface area contributed by atoms with Gasteiger partial charge in [-0.1, -0.05) is 35.9 Å². The van der Waals surface area contributed by atoms with Crippen molar-refractivity contribution in [2.45, 2.75) is 32.9 Å². The van der Waals surface area contributed by atoms with Crippen LogP contribution in [0.2, 0.25) is 0 Å². The van der Waals surface area contributed by atoms with Gasteiger partial charge in [0.2, 0.25) is 5.91 Å². The first-order valence-corrected chi connectivity index (χ1v) is 7.97. The minimum atomic E-state index is 0.0221. The van der Waals surface area contributed by atoms with Crippen molar-refractivity contribution in [3.63, 3.8) is 0 Å². The van der Waals surface area contributed by atoms with Crippen molar-refractivity contribution in [3.8, 4) is 0 Å². The van der Waals surface area contributed by atoms with Crippen LogP contribution in [0.5, 0.6) is 0 Å². The molecule has 1 N–H and O–H groups in total. The zero-order valence-electron chi connectivity index (χ0n) is 14.1. The second kappa shape index (κ2) is 8.44. The zero-order valence-corrected chi connectivity index (χ0v) is 14.1. The van der Waals surface area contributed by atoms with Crippen LogP contribution >= 0.6 is 0 Å². The molecule has 2 rings (SSSR count). The maximum absolute atomic E-state index is 12.0. The molecule has 1 atom stereocenters. The van der Waals surface area contributed by atoms with Gasteiger partial charge in [0.25, 0.3) is 0 Å². The van der Waals surface area contributed by atoms with Gasteiger partial charge in [-0.15, -0.1) is 0 Å².